The van der Waals surface area contributed by atoms with Gasteiger partial charge in [-0.1, -0.05) is 18.2 Å². The summed E-state index contributed by atoms with van der Waals surface area (Å²) < 4.78 is 29.0. The predicted molar refractivity (Wildman–Crippen MR) is 161 cm³/mol. The van der Waals surface area contributed by atoms with Gasteiger partial charge < -0.3 is 38.1 Å². The Morgan fingerprint density at radius 1 is 0.860 bits per heavy atom. The molecule has 0 aliphatic rings. The van der Waals surface area contributed by atoms with Crippen LogP contribution >= 0.6 is 0 Å². The second-order valence-corrected chi connectivity index (χ2v) is 10.0. The van der Waals surface area contributed by atoms with Crippen LogP contribution in [0.3, 0.4) is 0 Å². The highest BCUT2D eigenvalue weighted by atomic mass is 16.5. The molecule has 3 aromatic carbocycles. The highest BCUT2D eigenvalue weighted by Crippen LogP contribution is 2.41. The Labute approximate surface area is 247 Å². The predicted octanol–water partition coefficient (Wildman–Crippen LogP) is 4.76. The number of carbonyl (C=O) groups is 1. The van der Waals surface area contributed by atoms with E-state index in [-0.39, 0.29) is 31.0 Å². The molecule has 10 nitrogen and oxygen atoms in total. The molecule has 0 radical (unpaired) electrons. The Morgan fingerprint density at radius 2 is 1.58 bits per heavy atom. The molecule has 224 valence electrons. The van der Waals surface area contributed by atoms with E-state index in [1.807, 2.05) is 25.1 Å². The first-order valence-electron chi connectivity index (χ1n) is 13.6. The molecule has 2 heterocycles. The quantitative estimate of drug-likeness (QED) is 0.175. The number of hydrogen-bond acceptors (Lipinski definition) is 9. The lowest BCUT2D eigenvalue weighted by molar-refractivity contribution is 0.0590. The van der Waals surface area contributed by atoms with E-state index < -0.39 is 11.6 Å². The number of aliphatic hydroxyl groups excluding tert-OH is 2. The van der Waals surface area contributed by atoms with Gasteiger partial charge in [-0.2, -0.15) is 0 Å². The largest absolute Gasteiger partial charge is 0.496 e. The third-order valence-corrected chi connectivity index (χ3v) is 7.71. The zero-order chi connectivity index (χ0) is 30.8. The van der Waals surface area contributed by atoms with Gasteiger partial charge in [0.1, 0.15) is 22.5 Å². The van der Waals surface area contributed by atoms with Gasteiger partial charge in [-0.25, -0.2) is 9.59 Å². The van der Waals surface area contributed by atoms with Crippen molar-refractivity contribution in [3.8, 4) is 28.4 Å². The molecule has 0 unspecified atom stereocenters. The van der Waals surface area contributed by atoms with Crippen molar-refractivity contribution in [1.29, 1.82) is 0 Å². The van der Waals surface area contributed by atoms with Crippen molar-refractivity contribution in [2.75, 3.05) is 28.4 Å². The van der Waals surface area contributed by atoms with E-state index in [1.54, 1.807) is 49.1 Å². The number of nitrogens with zero attached hydrogens (tertiary/aromatic N) is 1. The van der Waals surface area contributed by atoms with Crippen molar-refractivity contribution in [2.24, 2.45) is 0 Å². The van der Waals surface area contributed by atoms with Crippen molar-refractivity contribution in [2.45, 2.75) is 33.1 Å². The highest BCUT2D eigenvalue weighted by Gasteiger charge is 2.29. The minimum absolute atomic E-state index is 0.159. The van der Waals surface area contributed by atoms with Gasteiger partial charge >= 0.3 is 11.6 Å². The molecule has 43 heavy (non-hydrogen) atoms. The number of aliphatic hydroxyl groups is 2. The number of aromatic nitrogens is 1. The van der Waals surface area contributed by atoms with Gasteiger partial charge in [-0.3, -0.25) is 0 Å². The summed E-state index contributed by atoms with van der Waals surface area (Å²) in [7, 11) is 5.93. The number of benzene rings is 3. The third kappa shape index (κ3) is 5.19. The Bertz CT molecular complexity index is 1900. The molecule has 2 aromatic heterocycles. The van der Waals surface area contributed by atoms with E-state index in [4.69, 9.17) is 23.4 Å². The Hall–Kier alpha value is -4.80. The van der Waals surface area contributed by atoms with Crippen LogP contribution in [0, 0.1) is 6.92 Å². The molecule has 0 spiro atoms. The van der Waals surface area contributed by atoms with E-state index in [9.17, 15) is 19.8 Å². The fraction of sp³-hybridized carbons (Fsp3) is 0.273. The smallest absolute Gasteiger partial charge is 0.361 e. The number of ether oxygens (including phenoxy) is 4. The monoisotopic (exact) mass is 587 g/mol. The minimum atomic E-state index is -0.645. The van der Waals surface area contributed by atoms with Gasteiger partial charge in [0.05, 0.1) is 41.7 Å². The lowest BCUT2D eigenvalue weighted by Crippen LogP contribution is -2.16. The molecular formula is C33H33NO9. The summed E-state index contributed by atoms with van der Waals surface area (Å²) in [5, 5.41) is 21.0. The van der Waals surface area contributed by atoms with Crippen LogP contribution in [0.1, 0.15) is 32.7 Å². The minimum Gasteiger partial charge on any atom is -0.496 e. The molecule has 10 heteroatoms. The number of methoxy groups -OCH3 is 4. The number of aryl methyl sites for hydroxylation is 3. The van der Waals surface area contributed by atoms with Gasteiger partial charge in [-0.15, -0.1) is 0 Å². The number of esters is 1. The molecule has 0 aliphatic heterocycles. The number of hydrogen-bond donors (Lipinski definition) is 2. The molecule has 0 bridgehead atoms. The van der Waals surface area contributed by atoms with Crippen molar-refractivity contribution < 1.29 is 38.4 Å². The first-order valence-corrected chi connectivity index (χ1v) is 13.6. The maximum Gasteiger partial charge on any atom is 0.361 e. The van der Waals surface area contributed by atoms with Crippen LogP contribution in [0.5, 0.6) is 17.2 Å². The van der Waals surface area contributed by atoms with Crippen molar-refractivity contribution in [3.05, 3.63) is 86.9 Å². The molecule has 0 saturated heterocycles. The van der Waals surface area contributed by atoms with Gasteiger partial charge in [-0.05, 0) is 65.4 Å². The SMILES string of the molecule is COC(=O)c1c(-c2ccc(CO)c(CO)c2)c2c3cc(C)c(OC)cc3oc(=O)c2n1CCc1ccc(OC)c(OC)c1. The molecule has 0 aliphatic carbocycles. The standard InChI is InChI=1S/C33H33NO9/c1-18-12-23-26(15-25(18)40-3)43-33(38)31-29(23)28(20-7-8-21(16-35)22(14-20)17-36)30(32(37)42-5)34(31)11-10-19-6-9-24(39-2)27(13-19)41-4/h6-9,12-15,35-36H,10-11,16-17H2,1-5H3. The summed E-state index contributed by atoms with van der Waals surface area (Å²) in [5.74, 6) is 1.04. The van der Waals surface area contributed by atoms with Crippen LogP contribution in [0.15, 0.2) is 57.7 Å². The maximum atomic E-state index is 13.7. The van der Waals surface area contributed by atoms with Crippen LogP contribution in [0.2, 0.25) is 0 Å². The Balaban J connectivity index is 1.85. The van der Waals surface area contributed by atoms with E-state index in [0.29, 0.717) is 62.3 Å². The van der Waals surface area contributed by atoms with Gasteiger partial charge in [0, 0.05) is 28.9 Å². The van der Waals surface area contributed by atoms with Crippen LogP contribution in [0.25, 0.3) is 33.0 Å². The van der Waals surface area contributed by atoms with Gasteiger partial charge in [0.25, 0.3) is 0 Å². The van der Waals surface area contributed by atoms with Gasteiger partial charge in [0.15, 0.2) is 11.5 Å². The summed E-state index contributed by atoms with van der Waals surface area (Å²) in [5.41, 5.74) is 3.78. The van der Waals surface area contributed by atoms with Crippen molar-refractivity contribution in [3.63, 3.8) is 0 Å². The van der Waals surface area contributed by atoms with E-state index >= 15 is 0 Å². The molecule has 0 fully saturated rings. The lowest BCUT2D eigenvalue weighted by Gasteiger charge is -2.13. The average Bonchev–Trinajstić information content (AvgIpc) is 3.38. The maximum absolute atomic E-state index is 13.7. The lowest BCUT2D eigenvalue weighted by atomic mass is 9.95. The number of fused-ring (bicyclic) bond motifs is 3. The van der Waals surface area contributed by atoms with Crippen LogP contribution in [-0.4, -0.2) is 49.2 Å². The molecular weight excluding hydrogens is 554 g/mol. The van der Waals surface area contributed by atoms with E-state index in [0.717, 1.165) is 11.1 Å². The van der Waals surface area contributed by atoms with Crippen molar-refractivity contribution in [1.82, 2.24) is 4.57 Å². The Morgan fingerprint density at radius 3 is 2.23 bits per heavy atom. The summed E-state index contributed by atoms with van der Waals surface area (Å²) in [6.07, 6.45) is 0.429. The zero-order valence-electron chi connectivity index (χ0n) is 24.6. The summed E-state index contributed by atoms with van der Waals surface area (Å²) in [4.78, 5) is 27.3. The topological polar surface area (TPSA) is 130 Å². The number of carbonyl (C=O) groups excluding carboxylic acids is 1. The molecule has 5 aromatic rings. The zero-order valence-corrected chi connectivity index (χ0v) is 24.6. The number of rotatable bonds is 10. The second-order valence-electron chi connectivity index (χ2n) is 10.0. The summed E-state index contributed by atoms with van der Waals surface area (Å²) in [6.45, 7) is 1.51. The molecule has 2 N–H and O–H groups in total. The summed E-state index contributed by atoms with van der Waals surface area (Å²) in [6, 6.07) is 14.2. The van der Waals surface area contributed by atoms with E-state index in [2.05, 4.69) is 0 Å². The molecule has 0 saturated carbocycles. The summed E-state index contributed by atoms with van der Waals surface area (Å²) >= 11 is 0. The van der Waals surface area contributed by atoms with Crippen LogP contribution in [-0.2, 0) is 30.9 Å². The molecule has 0 atom stereocenters. The fourth-order valence-electron chi connectivity index (χ4n) is 5.58. The Kier molecular flexibility index (Phi) is 8.43. The first-order chi connectivity index (χ1) is 20.8. The normalized spacial score (nSPS) is 11.2. The average molecular weight is 588 g/mol. The highest BCUT2D eigenvalue weighted by molar-refractivity contribution is 6.17. The first kappa shape index (κ1) is 29.7. The van der Waals surface area contributed by atoms with E-state index in [1.165, 1.54) is 14.2 Å². The van der Waals surface area contributed by atoms with Gasteiger partial charge in [0.2, 0.25) is 0 Å². The molecule has 0 amide bonds. The second kappa shape index (κ2) is 12.2. The van der Waals surface area contributed by atoms with Crippen LogP contribution in [0.4, 0.5) is 0 Å². The molecule has 5 rings (SSSR count). The van der Waals surface area contributed by atoms with Crippen LogP contribution < -0.4 is 19.8 Å². The third-order valence-electron chi connectivity index (χ3n) is 7.71. The fourth-order valence-corrected chi connectivity index (χ4v) is 5.58. The van der Waals surface area contributed by atoms with Crippen molar-refractivity contribution >= 4 is 27.8 Å².